The Morgan fingerprint density at radius 2 is 1.03 bits per heavy atom. The summed E-state index contributed by atoms with van der Waals surface area (Å²) < 4.78 is 24.9. The summed E-state index contributed by atoms with van der Waals surface area (Å²) in [6.07, 6.45) is 0. The molecule has 4 rings (SSSR count). The normalized spacial score (nSPS) is 25.2. The van der Waals surface area contributed by atoms with Crippen LogP contribution in [0.2, 0.25) is 0 Å². The third kappa shape index (κ3) is 3.47. The molecule has 4 atom stereocenters. The Kier molecular flexibility index (Phi) is 5.48. The van der Waals surface area contributed by atoms with Crippen LogP contribution < -0.4 is 29.6 Å². The second kappa shape index (κ2) is 7.57. The second-order valence-corrected chi connectivity index (χ2v) is 15.8. The first-order valence-electron chi connectivity index (χ1n) is 10.3. The molecule has 2 aromatic rings. The van der Waals surface area contributed by atoms with Crippen molar-refractivity contribution in [1.29, 1.82) is 0 Å². The minimum absolute atomic E-state index is 0.0336. The van der Waals surface area contributed by atoms with Crippen LogP contribution in [-0.2, 0) is 0 Å². The maximum Gasteiger partial charge on any atom is 0.162 e. The van der Waals surface area contributed by atoms with E-state index in [9.17, 15) is 0 Å². The highest BCUT2D eigenvalue weighted by Crippen LogP contribution is 2.69. The lowest BCUT2D eigenvalue weighted by atomic mass is 10.2. The Balaban J connectivity index is 1.85. The van der Waals surface area contributed by atoms with Gasteiger partial charge in [0, 0.05) is 0 Å². The first-order valence-corrected chi connectivity index (χ1v) is 13.2. The van der Waals surface area contributed by atoms with Gasteiger partial charge in [-0.15, -0.1) is 0 Å². The van der Waals surface area contributed by atoms with Crippen LogP contribution in [0, 0.1) is 0 Å². The first-order chi connectivity index (χ1) is 14.1. The molecule has 0 bridgehead atoms. The molecule has 162 valence electrons. The van der Waals surface area contributed by atoms with Crippen molar-refractivity contribution in [3.8, 4) is 23.0 Å². The van der Waals surface area contributed by atoms with Gasteiger partial charge in [0.2, 0.25) is 0 Å². The zero-order chi connectivity index (χ0) is 21.8. The van der Waals surface area contributed by atoms with Gasteiger partial charge in [0.15, 0.2) is 11.7 Å². The SMILES string of the molecule is COc1cccc2c1[P@@](C(C)(C)C)[C@H]([C@@H]1Oc3cccc(OC)c3[P@@]1C(C)(C)C)O2. The zero-order valence-electron chi connectivity index (χ0n) is 19.1. The molecule has 2 aliphatic heterocycles. The van der Waals surface area contributed by atoms with Crippen molar-refractivity contribution in [2.45, 2.75) is 63.5 Å². The zero-order valence-corrected chi connectivity index (χ0v) is 20.9. The van der Waals surface area contributed by atoms with E-state index in [4.69, 9.17) is 18.9 Å². The average molecular weight is 446 g/mol. The van der Waals surface area contributed by atoms with Gasteiger partial charge in [-0.1, -0.05) is 53.7 Å². The monoisotopic (exact) mass is 446 g/mol. The third-order valence-electron chi connectivity index (χ3n) is 5.54. The number of hydrogen-bond donors (Lipinski definition) is 0. The minimum atomic E-state index is -0.690. The second-order valence-electron chi connectivity index (χ2n) is 9.71. The maximum atomic E-state index is 6.70. The number of ether oxygens (including phenoxy) is 4. The number of methoxy groups -OCH3 is 2. The molecular weight excluding hydrogens is 414 g/mol. The molecule has 0 radical (unpaired) electrons. The third-order valence-corrected chi connectivity index (χ3v) is 12.3. The smallest absolute Gasteiger partial charge is 0.162 e. The Labute approximate surface area is 182 Å². The van der Waals surface area contributed by atoms with Gasteiger partial charge < -0.3 is 18.9 Å². The van der Waals surface area contributed by atoms with E-state index in [2.05, 4.69) is 53.7 Å². The van der Waals surface area contributed by atoms with Crippen LogP contribution in [0.1, 0.15) is 41.5 Å². The molecule has 2 aliphatic rings. The highest BCUT2D eigenvalue weighted by molar-refractivity contribution is 7.72. The molecule has 4 nitrogen and oxygen atoms in total. The van der Waals surface area contributed by atoms with E-state index in [1.165, 1.54) is 10.6 Å². The Bertz CT molecular complexity index is 868. The molecule has 2 aromatic carbocycles. The molecule has 0 saturated carbocycles. The molecule has 0 spiro atoms. The van der Waals surface area contributed by atoms with E-state index in [1.54, 1.807) is 14.2 Å². The molecular formula is C24H32O4P2. The summed E-state index contributed by atoms with van der Waals surface area (Å²) in [6, 6.07) is 12.3. The van der Waals surface area contributed by atoms with Crippen LogP contribution in [0.4, 0.5) is 0 Å². The summed E-state index contributed by atoms with van der Waals surface area (Å²) in [5.74, 6) is 3.66. The van der Waals surface area contributed by atoms with E-state index in [0.717, 1.165) is 23.0 Å². The van der Waals surface area contributed by atoms with Crippen LogP contribution in [0.5, 0.6) is 23.0 Å². The van der Waals surface area contributed by atoms with Gasteiger partial charge in [-0.3, -0.25) is 0 Å². The van der Waals surface area contributed by atoms with E-state index in [1.807, 2.05) is 24.3 Å². The number of hydrogen-bond acceptors (Lipinski definition) is 4. The summed E-state index contributed by atoms with van der Waals surface area (Å²) >= 11 is 0. The Morgan fingerprint density at radius 3 is 1.33 bits per heavy atom. The molecule has 30 heavy (non-hydrogen) atoms. The predicted molar refractivity (Wildman–Crippen MR) is 127 cm³/mol. The standard InChI is InChI=1S/C24H32O4P2/c1-23(2,3)29-19-15(25-7)11-9-13-17(19)27-21(29)22-28-18-14-10-12-16(26-8)20(18)30(22)24(4,5)6/h9-14,21-22H,1-8H3/t21-,22-,29-,30-/m1/s1. The van der Waals surface area contributed by atoms with E-state index >= 15 is 0 Å². The lowest BCUT2D eigenvalue weighted by Crippen LogP contribution is -2.38. The highest BCUT2D eigenvalue weighted by Gasteiger charge is 2.55. The van der Waals surface area contributed by atoms with Gasteiger partial charge in [-0.05, 0) is 50.4 Å². The Morgan fingerprint density at radius 1 is 0.667 bits per heavy atom. The molecule has 0 fully saturated rings. The molecule has 0 aromatic heterocycles. The maximum absolute atomic E-state index is 6.70. The molecule has 0 unspecified atom stereocenters. The quantitative estimate of drug-likeness (QED) is 0.571. The largest absolute Gasteiger partial charge is 0.496 e. The van der Waals surface area contributed by atoms with Crippen molar-refractivity contribution in [2.24, 2.45) is 0 Å². The topological polar surface area (TPSA) is 36.9 Å². The van der Waals surface area contributed by atoms with Gasteiger partial charge >= 0.3 is 0 Å². The van der Waals surface area contributed by atoms with Crippen LogP contribution in [0.15, 0.2) is 36.4 Å². The number of fused-ring (bicyclic) bond motifs is 2. The van der Waals surface area contributed by atoms with Crippen molar-refractivity contribution in [3.05, 3.63) is 36.4 Å². The minimum Gasteiger partial charge on any atom is -0.496 e. The summed E-state index contributed by atoms with van der Waals surface area (Å²) in [5, 5.41) is 2.54. The van der Waals surface area contributed by atoms with Gasteiger partial charge in [0.25, 0.3) is 0 Å². The van der Waals surface area contributed by atoms with Crippen molar-refractivity contribution in [3.63, 3.8) is 0 Å². The van der Waals surface area contributed by atoms with Gasteiger partial charge in [0.05, 0.1) is 24.8 Å². The highest BCUT2D eigenvalue weighted by atomic mass is 31.1. The van der Waals surface area contributed by atoms with Crippen molar-refractivity contribution >= 4 is 26.5 Å². The predicted octanol–water partition coefficient (Wildman–Crippen LogP) is 5.65. The summed E-state index contributed by atoms with van der Waals surface area (Å²) in [6.45, 7) is 13.8. The van der Waals surface area contributed by atoms with E-state index in [0.29, 0.717) is 0 Å². The number of rotatable bonds is 3. The van der Waals surface area contributed by atoms with Crippen molar-refractivity contribution < 1.29 is 18.9 Å². The molecule has 2 heterocycles. The van der Waals surface area contributed by atoms with Crippen LogP contribution in [0.25, 0.3) is 0 Å². The summed E-state index contributed by atoms with van der Waals surface area (Å²) in [7, 11) is 2.11. The van der Waals surface area contributed by atoms with E-state index in [-0.39, 0.29) is 22.0 Å². The van der Waals surface area contributed by atoms with Crippen LogP contribution in [0.3, 0.4) is 0 Å². The van der Waals surface area contributed by atoms with Gasteiger partial charge in [0.1, 0.15) is 23.0 Å². The molecule has 0 N–H and O–H groups in total. The fourth-order valence-corrected chi connectivity index (χ4v) is 11.2. The van der Waals surface area contributed by atoms with Crippen molar-refractivity contribution in [2.75, 3.05) is 14.2 Å². The lowest BCUT2D eigenvalue weighted by molar-refractivity contribution is 0.171. The Hall–Kier alpha value is -1.50. The summed E-state index contributed by atoms with van der Waals surface area (Å²) in [4.78, 5) is 0. The molecule has 0 amide bonds. The fraction of sp³-hybridized carbons (Fsp3) is 0.500. The first kappa shape index (κ1) is 21.7. The molecule has 0 aliphatic carbocycles. The van der Waals surface area contributed by atoms with Crippen molar-refractivity contribution in [1.82, 2.24) is 0 Å². The lowest BCUT2D eigenvalue weighted by Gasteiger charge is -2.39. The number of benzene rings is 2. The van der Waals surface area contributed by atoms with Gasteiger partial charge in [-0.2, -0.15) is 0 Å². The fourth-order valence-electron chi connectivity index (χ4n) is 4.42. The molecule has 0 saturated heterocycles. The summed E-state index contributed by atoms with van der Waals surface area (Å²) in [5.41, 5.74) is 0. The van der Waals surface area contributed by atoms with E-state index < -0.39 is 15.8 Å². The van der Waals surface area contributed by atoms with Crippen LogP contribution in [-0.4, -0.2) is 36.2 Å². The average Bonchev–Trinajstić information content (AvgIpc) is 3.25. The molecule has 6 heteroatoms. The van der Waals surface area contributed by atoms with Crippen LogP contribution >= 0.6 is 15.8 Å². The van der Waals surface area contributed by atoms with Gasteiger partial charge in [-0.25, -0.2) is 0 Å².